The van der Waals surface area contributed by atoms with Crippen LogP contribution in [-0.4, -0.2) is 22.6 Å². The summed E-state index contributed by atoms with van der Waals surface area (Å²) in [6.45, 7) is 6.36. The van der Waals surface area contributed by atoms with Crippen molar-refractivity contribution in [3.8, 4) is 0 Å². The van der Waals surface area contributed by atoms with Crippen LogP contribution in [0.1, 0.15) is 97.8 Å². The SMILES string of the molecule is CCCCCCC(C)(CCCC)OC(=O)C1CCCCC1C(=O)O. The number of unbranched alkanes of at least 4 members (excludes halogenated alkanes) is 4. The minimum absolute atomic E-state index is 0.281. The summed E-state index contributed by atoms with van der Waals surface area (Å²) in [4.78, 5) is 24.1. The molecule has 0 bridgehead atoms. The molecule has 0 saturated heterocycles. The van der Waals surface area contributed by atoms with Crippen LogP contribution < -0.4 is 0 Å². The lowest BCUT2D eigenvalue weighted by atomic mass is 9.79. The zero-order chi connectivity index (χ0) is 18.0. The Morgan fingerprint density at radius 2 is 1.54 bits per heavy atom. The summed E-state index contributed by atoms with van der Waals surface area (Å²) in [5.74, 6) is -2.17. The standard InChI is InChI=1S/C20H36O4/c1-4-6-8-11-15-20(3,14-7-5-2)24-19(23)17-13-10-9-12-16(17)18(21)22/h16-17H,4-15H2,1-3H3,(H,21,22). The lowest BCUT2D eigenvalue weighted by Crippen LogP contribution is -2.39. The Balaban J connectivity index is 2.68. The molecule has 0 aromatic carbocycles. The predicted molar refractivity (Wildman–Crippen MR) is 95.9 cm³/mol. The highest BCUT2D eigenvalue weighted by atomic mass is 16.6. The maximum absolute atomic E-state index is 12.7. The Morgan fingerprint density at radius 3 is 2.12 bits per heavy atom. The number of hydrogen-bond donors (Lipinski definition) is 1. The largest absolute Gasteiger partial charge is 0.481 e. The van der Waals surface area contributed by atoms with Crippen molar-refractivity contribution in [1.82, 2.24) is 0 Å². The number of carbonyl (C=O) groups is 2. The molecule has 0 amide bonds. The molecule has 0 aliphatic heterocycles. The molecule has 24 heavy (non-hydrogen) atoms. The van der Waals surface area contributed by atoms with Crippen LogP contribution in [0.5, 0.6) is 0 Å². The van der Waals surface area contributed by atoms with Gasteiger partial charge in [0.1, 0.15) is 5.60 Å². The smallest absolute Gasteiger partial charge is 0.310 e. The number of carboxylic acids is 1. The van der Waals surface area contributed by atoms with Crippen molar-refractivity contribution in [2.24, 2.45) is 11.8 Å². The van der Waals surface area contributed by atoms with E-state index in [4.69, 9.17) is 4.74 Å². The molecule has 1 fully saturated rings. The van der Waals surface area contributed by atoms with Gasteiger partial charge in [0.2, 0.25) is 0 Å². The van der Waals surface area contributed by atoms with E-state index in [1.165, 1.54) is 12.8 Å². The predicted octanol–water partition coefficient (Wildman–Crippen LogP) is 5.34. The van der Waals surface area contributed by atoms with E-state index in [0.717, 1.165) is 51.4 Å². The number of aliphatic carboxylic acids is 1. The van der Waals surface area contributed by atoms with Gasteiger partial charge >= 0.3 is 11.9 Å². The molecule has 4 heteroatoms. The first-order valence-corrected chi connectivity index (χ1v) is 9.89. The summed E-state index contributed by atoms with van der Waals surface area (Å²) >= 11 is 0. The van der Waals surface area contributed by atoms with Gasteiger partial charge in [0.05, 0.1) is 11.8 Å². The molecule has 1 N–H and O–H groups in total. The average molecular weight is 341 g/mol. The van der Waals surface area contributed by atoms with Crippen LogP contribution in [0.4, 0.5) is 0 Å². The zero-order valence-corrected chi connectivity index (χ0v) is 15.8. The van der Waals surface area contributed by atoms with Gasteiger partial charge < -0.3 is 9.84 Å². The van der Waals surface area contributed by atoms with Crippen LogP contribution in [0.3, 0.4) is 0 Å². The van der Waals surface area contributed by atoms with Gasteiger partial charge in [-0.15, -0.1) is 0 Å². The molecule has 0 radical (unpaired) electrons. The lowest BCUT2D eigenvalue weighted by Gasteiger charge is -2.34. The second kappa shape index (κ2) is 10.7. The third-order valence-electron chi connectivity index (χ3n) is 5.35. The Hall–Kier alpha value is -1.06. The molecule has 1 aliphatic rings. The highest BCUT2D eigenvalue weighted by Crippen LogP contribution is 2.34. The second-order valence-corrected chi connectivity index (χ2v) is 7.62. The molecule has 0 spiro atoms. The zero-order valence-electron chi connectivity index (χ0n) is 15.8. The molecule has 0 aromatic rings. The fourth-order valence-electron chi connectivity index (χ4n) is 3.73. The molecule has 0 heterocycles. The Morgan fingerprint density at radius 1 is 0.958 bits per heavy atom. The number of ether oxygens (including phenoxy) is 1. The Bertz CT molecular complexity index is 393. The van der Waals surface area contributed by atoms with Gasteiger partial charge in [-0.2, -0.15) is 0 Å². The maximum atomic E-state index is 12.7. The number of carboxylic acid groups (broad SMARTS) is 1. The molecule has 140 valence electrons. The van der Waals surface area contributed by atoms with Crippen LogP contribution in [0.25, 0.3) is 0 Å². The third-order valence-corrected chi connectivity index (χ3v) is 5.35. The number of hydrogen-bond acceptors (Lipinski definition) is 3. The van der Waals surface area contributed by atoms with E-state index in [1.807, 2.05) is 6.92 Å². The van der Waals surface area contributed by atoms with E-state index in [2.05, 4.69) is 13.8 Å². The van der Waals surface area contributed by atoms with Crippen molar-refractivity contribution in [3.63, 3.8) is 0 Å². The Labute approximate surface area is 147 Å². The molecule has 1 rings (SSSR count). The summed E-state index contributed by atoms with van der Waals surface area (Å²) < 4.78 is 5.94. The molecule has 4 nitrogen and oxygen atoms in total. The van der Waals surface area contributed by atoms with Crippen LogP contribution in [0, 0.1) is 11.8 Å². The minimum Gasteiger partial charge on any atom is -0.481 e. The highest BCUT2D eigenvalue weighted by molar-refractivity contribution is 5.81. The van der Waals surface area contributed by atoms with E-state index < -0.39 is 23.4 Å². The van der Waals surface area contributed by atoms with Gasteiger partial charge in [-0.25, -0.2) is 0 Å². The van der Waals surface area contributed by atoms with Gasteiger partial charge in [-0.05, 0) is 45.4 Å². The fraction of sp³-hybridized carbons (Fsp3) is 0.900. The van der Waals surface area contributed by atoms with Gasteiger partial charge in [-0.3, -0.25) is 9.59 Å². The summed E-state index contributed by atoms with van der Waals surface area (Å²) in [5, 5.41) is 9.39. The van der Waals surface area contributed by atoms with E-state index in [1.54, 1.807) is 0 Å². The number of esters is 1. The van der Waals surface area contributed by atoms with E-state index in [9.17, 15) is 14.7 Å². The maximum Gasteiger partial charge on any atom is 0.310 e. The van der Waals surface area contributed by atoms with Crippen LogP contribution in [-0.2, 0) is 14.3 Å². The Kier molecular flexibility index (Phi) is 9.38. The molecule has 3 atom stereocenters. The monoisotopic (exact) mass is 340 g/mol. The van der Waals surface area contributed by atoms with Crippen molar-refractivity contribution in [1.29, 1.82) is 0 Å². The number of rotatable bonds is 11. The van der Waals surface area contributed by atoms with Gasteiger partial charge in [0, 0.05) is 0 Å². The molecule has 3 unspecified atom stereocenters. The summed E-state index contributed by atoms with van der Waals surface area (Å²) in [6.07, 6.45) is 11.5. The van der Waals surface area contributed by atoms with Gasteiger partial charge in [0.25, 0.3) is 0 Å². The number of carbonyl (C=O) groups excluding carboxylic acids is 1. The molecule has 1 aliphatic carbocycles. The van der Waals surface area contributed by atoms with Crippen molar-refractivity contribution < 1.29 is 19.4 Å². The average Bonchev–Trinajstić information content (AvgIpc) is 2.57. The lowest BCUT2D eigenvalue weighted by molar-refractivity contribution is -0.172. The van der Waals surface area contributed by atoms with Crippen LogP contribution in [0.15, 0.2) is 0 Å². The van der Waals surface area contributed by atoms with Gasteiger partial charge in [0.15, 0.2) is 0 Å². The van der Waals surface area contributed by atoms with E-state index in [-0.39, 0.29) is 5.97 Å². The first-order valence-electron chi connectivity index (χ1n) is 9.89. The quantitative estimate of drug-likeness (QED) is 0.407. The molecular formula is C20H36O4. The summed E-state index contributed by atoms with van der Waals surface area (Å²) in [6, 6.07) is 0. The van der Waals surface area contributed by atoms with E-state index >= 15 is 0 Å². The molecular weight excluding hydrogens is 304 g/mol. The van der Waals surface area contributed by atoms with Crippen molar-refractivity contribution in [2.45, 2.75) is 103 Å². The molecule has 0 aromatic heterocycles. The molecule has 1 saturated carbocycles. The first kappa shape index (κ1) is 21.0. The highest BCUT2D eigenvalue weighted by Gasteiger charge is 2.39. The first-order chi connectivity index (χ1) is 11.4. The summed E-state index contributed by atoms with van der Waals surface area (Å²) in [5.41, 5.74) is -0.443. The minimum atomic E-state index is -0.852. The third kappa shape index (κ3) is 6.82. The van der Waals surface area contributed by atoms with Crippen LogP contribution >= 0.6 is 0 Å². The van der Waals surface area contributed by atoms with Crippen molar-refractivity contribution >= 4 is 11.9 Å². The van der Waals surface area contributed by atoms with E-state index in [0.29, 0.717) is 12.8 Å². The van der Waals surface area contributed by atoms with Gasteiger partial charge in [-0.1, -0.05) is 52.4 Å². The normalized spacial score (nSPS) is 23.5. The van der Waals surface area contributed by atoms with Crippen molar-refractivity contribution in [3.05, 3.63) is 0 Å². The second-order valence-electron chi connectivity index (χ2n) is 7.62. The topological polar surface area (TPSA) is 63.6 Å². The summed E-state index contributed by atoms with van der Waals surface area (Å²) in [7, 11) is 0. The van der Waals surface area contributed by atoms with Crippen molar-refractivity contribution in [2.75, 3.05) is 0 Å². The van der Waals surface area contributed by atoms with Crippen LogP contribution in [0.2, 0.25) is 0 Å². The fourth-order valence-corrected chi connectivity index (χ4v) is 3.73.